The van der Waals surface area contributed by atoms with Crippen LogP contribution in [0.1, 0.15) is 35.7 Å². The maximum atomic E-state index is 13.4. The van der Waals surface area contributed by atoms with Gasteiger partial charge in [-0.3, -0.25) is 4.79 Å². The van der Waals surface area contributed by atoms with E-state index in [4.69, 9.17) is 21.3 Å². The van der Waals surface area contributed by atoms with E-state index in [9.17, 15) is 9.18 Å². The Morgan fingerprint density at radius 1 is 1.09 bits per heavy atom. The molecule has 2 heterocycles. The normalized spacial score (nSPS) is 15.8. The van der Waals surface area contributed by atoms with Gasteiger partial charge < -0.3 is 14.2 Å². The Morgan fingerprint density at radius 2 is 1.80 bits per heavy atom. The summed E-state index contributed by atoms with van der Waals surface area (Å²) in [6.07, 6.45) is 1.16. The molecule has 7 heteroatoms. The van der Waals surface area contributed by atoms with Crippen LogP contribution in [0.2, 0.25) is 5.02 Å². The molecule has 1 aliphatic heterocycles. The van der Waals surface area contributed by atoms with Crippen LogP contribution in [0, 0.1) is 19.7 Å². The van der Waals surface area contributed by atoms with Crippen molar-refractivity contribution in [3.8, 4) is 5.75 Å². The van der Waals surface area contributed by atoms with Crippen LogP contribution >= 0.6 is 11.6 Å². The molecule has 1 atom stereocenters. The maximum absolute atomic E-state index is 13.4. The lowest BCUT2D eigenvalue weighted by Crippen LogP contribution is -2.24. The minimum atomic E-state index is -0.315. The van der Waals surface area contributed by atoms with E-state index >= 15 is 0 Å². The van der Waals surface area contributed by atoms with E-state index in [0.717, 1.165) is 51.7 Å². The summed E-state index contributed by atoms with van der Waals surface area (Å²) in [5.41, 5.74) is 4.68. The molecule has 0 bridgehead atoms. The molecule has 1 amide bonds. The molecule has 1 aliphatic rings. The van der Waals surface area contributed by atoms with Gasteiger partial charge in [0, 0.05) is 36.1 Å². The zero-order chi connectivity index (χ0) is 24.5. The number of fused-ring (bicyclic) bond motifs is 1. The topological polar surface area (TPSA) is 47.4 Å². The Hall–Kier alpha value is -3.38. The first-order valence-corrected chi connectivity index (χ1v) is 12.2. The molecular formula is C28H27ClFN3O2. The SMILES string of the molecule is Cc1cc(OCCCn2c(C3CC(=O)N(c4ccc(F)cc4)C3)nc3ccccc32)cc(C)c1Cl. The lowest BCUT2D eigenvalue weighted by atomic mass is 10.1. The van der Waals surface area contributed by atoms with E-state index < -0.39 is 0 Å². The fraction of sp³-hybridized carbons (Fsp3) is 0.286. The summed E-state index contributed by atoms with van der Waals surface area (Å²) in [6, 6.07) is 18.0. The van der Waals surface area contributed by atoms with Gasteiger partial charge in [0.1, 0.15) is 17.4 Å². The summed E-state index contributed by atoms with van der Waals surface area (Å²) in [5.74, 6) is 1.39. The highest BCUT2D eigenvalue weighted by molar-refractivity contribution is 6.32. The van der Waals surface area contributed by atoms with Crippen LogP contribution in [0.5, 0.6) is 5.75 Å². The second kappa shape index (κ2) is 9.70. The lowest BCUT2D eigenvalue weighted by molar-refractivity contribution is -0.117. The van der Waals surface area contributed by atoms with Gasteiger partial charge >= 0.3 is 0 Å². The minimum absolute atomic E-state index is 0.0250. The molecule has 1 unspecified atom stereocenters. The third kappa shape index (κ3) is 4.76. The number of imidazole rings is 1. The predicted molar refractivity (Wildman–Crippen MR) is 137 cm³/mol. The number of para-hydroxylation sites is 2. The highest BCUT2D eigenvalue weighted by atomic mass is 35.5. The summed E-state index contributed by atoms with van der Waals surface area (Å²) in [6.45, 7) is 5.75. The van der Waals surface area contributed by atoms with Crippen molar-refractivity contribution in [3.05, 3.63) is 88.5 Å². The number of aromatic nitrogens is 2. The predicted octanol–water partition coefficient (Wildman–Crippen LogP) is 6.44. The Morgan fingerprint density at radius 3 is 2.54 bits per heavy atom. The lowest BCUT2D eigenvalue weighted by Gasteiger charge is -2.17. The molecule has 5 nitrogen and oxygen atoms in total. The summed E-state index contributed by atoms with van der Waals surface area (Å²) in [5, 5.41) is 0.771. The smallest absolute Gasteiger partial charge is 0.227 e. The number of hydrogen-bond donors (Lipinski definition) is 0. The number of carbonyl (C=O) groups excluding carboxylic acids is 1. The van der Waals surface area contributed by atoms with E-state index in [1.807, 2.05) is 44.2 Å². The number of rotatable bonds is 7. The standard InChI is InChI=1S/C28H27ClFN3O2/c1-18-14-23(15-19(2)27(18)29)35-13-5-12-32-25-7-4-3-6-24(25)31-28(32)20-16-26(34)33(17-20)22-10-8-21(30)9-11-22/h3-4,6-11,14-15,20H,5,12-13,16-17H2,1-2H3. The van der Waals surface area contributed by atoms with Gasteiger partial charge in [-0.05, 0) is 79.9 Å². The second-order valence-corrected chi connectivity index (χ2v) is 9.44. The largest absolute Gasteiger partial charge is 0.494 e. The van der Waals surface area contributed by atoms with E-state index in [-0.39, 0.29) is 17.6 Å². The van der Waals surface area contributed by atoms with Crippen molar-refractivity contribution >= 4 is 34.2 Å². The van der Waals surface area contributed by atoms with Crippen LogP contribution in [-0.4, -0.2) is 28.6 Å². The van der Waals surface area contributed by atoms with Crippen molar-refractivity contribution in [2.75, 3.05) is 18.1 Å². The number of amides is 1. The molecule has 1 aromatic heterocycles. The molecular weight excluding hydrogens is 465 g/mol. The highest BCUT2D eigenvalue weighted by Crippen LogP contribution is 2.33. The Balaban J connectivity index is 1.33. The molecule has 4 aromatic rings. The van der Waals surface area contributed by atoms with E-state index in [1.165, 1.54) is 12.1 Å². The Labute approximate surface area is 209 Å². The van der Waals surface area contributed by atoms with Crippen molar-refractivity contribution in [2.24, 2.45) is 0 Å². The number of ether oxygens (including phenoxy) is 1. The number of carbonyl (C=O) groups is 1. The van der Waals surface area contributed by atoms with Crippen molar-refractivity contribution < 1.29 is 13.9 Å². The zero-order valence-electron chi connectivity index (χ0n) is 19.8. The van der Waals surface area contributed by atoms with Crippen molar-refractivity contribution in [1.29, 1.82) is 0 Å². The summed E-state index contributed by atoms with van der Waals surface area (Å²) >= 11 is 6.27. The van der Waals surface area contributed by atoms with Gasteiger partial charge in [-0.1, -0.05) is 23.7 Å². The van der Waals surface area contributed by atoms with E-state index in [0.29, 0.717) is 25.3 Å². The Bertz CT molecular complexity index is 1360. The van der Waals surface area contributed by atoms with Crippen molar-refractivity contribution in [2.45, 2.75) is 39.2 Å². The molecule has 1 saturated heterocycles. The number of halogens is 2. The van der Waals surface area contributed by atoms with Crippen LogP contribution in [-0.2, 0) is 11.3 Å². The van der Waals surface area contributed by atoms with Crippen LogP contribution in [0.15, 0.2) is 60.7 Å². The third-order valence-corrected chi connectivity index (χ3v) is 7.11. The number of aryl methyl sites for hydroxylation is 3. The third-order valence-electron chi connectivity index (χ3n) is 6.52. The molecule has 0 N–H and O–H groups in total. The van der Waals surface area contributed by atoms with Gasteiger partial charge in [-0.15, -0.1) is 0 Å². The van der Waals surface area contributed by atoms with Crippen LogP contribution in [0.25, 0.3) is 11.0 Å². The highest BCUT2D eigenvalue weighted by Gasteiger charge is 2.34. The van der Waals surface area contributed by atoms with Crippen LogP contribution in [0.3, 0.4) is 0 Å². The first-order valence-electron chi connectivity index (χ1n) is 11.8. The van der Waals surface area contributed by atoms with Gasteiger partial charge in [0.05, 0.1) is 17.6 Å². The first-order chi connectivity index (χ1) is 16.9. The number of benzene rings is 3. The van der Waals surface area contributed by atoms with Gasteiger partial charge in [-0.25, -0.2) is 9.37 Å². The summed E-state index contributed by atoms with van der Waals surface area (Å²) in [7, 11) is 0. The molecule has 5 rings (SSSR count). The number of hydrogen-bond acceptors (Lipinski definition) is 3. The molecule has 1 fully saturated rings. The number of anilines is 1. The summed E-state index contributed by atoms with van der Waals surface area (Å²) < 4.78 is 21.6. The van der Waals surface area contributed by atoms with Crippen LogP contribution in [0.4, 0.5) is 10.1 Å². The maximum Gasteiger partial charge on any atom is 0.227 e. The first kappa shape index (κ1) is 23.4. The van der Waals surface area contributed by atoms with Gasteiger partial charge in [0.2, 0.25) is 5.91 Å². The molecule has 0 aliphatic carbocycles. The number of nitrogens with zero attached hydrogens (tertiary/aromatic N) is 3. The zero-order valence-corrected chi connectivity index (χ0v) is 20.6. The quantitative estimate of drug-likeness (QED) is 0.280. The summed E-state index contributed by atoms with van der Waals surface area (Å²) in [4.78, 5) is 19.5. The molecule has 180 valence electrons. The Kier molecular flexibility index (Phi) is 6.48. The van der Waals surface area contributed by atoms with Crippen LogP contribution < -0.4 is 9.64 Å². The van der Waals surface area contributed by atoms with E-state index in [1.54, 1.807) is 17.0 Å². The fourth-order valence-corrected chi connectivity index (χ4v) is 4.90. The van der Waals surface area contributed by atoms with E-state index in [2.05, 4.69) is 10.6 Å². The minimum Gasteiger partial charge on any atom is -0.494 e. The average Bonchev–Trinajstić information content (AvgIpc) is 3.41. The van der Waals surface area contributed by atoms with Gasteiger partial charge in [0.15, 0.2) is 0 Å². The van der Waals surface area contributed by atoms with Gasteiger partial charge in [-0.2, -0.15) is 0 Å². The molecule has 0 saturated carbocycles. The molecule has 0 spiro atoms. The average molecular weight is 492 g/mol. The van der Waals surface area contributed by atoms with Crippen molar-refractivity contribution in [1.82, 2.24) is 9.55 Å². The molecule has 0 radical (unpaired) electrons. The van der Waals surface area contributed by atoms with Crippen molar-refractivity contribution in [3.63, 3.8) is 0 Å². The second-order valence-electron chi connectivity index (χ2n) is 9.07. The monoisotopic (exact) mass is 491 g/mol. The van der Waals surface area contributed by atoms with Gasteiger partial charge in [0.25, 0.3) is 0 Å². The molecule has 35 heavy (non-hydrogen) atoms. The fourth-order valence-electron chi connectivity index (χ4n) is 4.79. The molecule has 3 aromatic carbocycles.